The van der Waals surface area contributed by atoms with Gasteiger partial charge in [0.25, 0.3) is 0 Å². The van der Waals surface area contributed by atoms with Crippen LogP contribution >= 0.6 is 0 Å². The third kappa shape index (κ3) is 3.05. The maximum Gasteiger partial charge on any atom is 0.160 e. The number of carbonyl (C=O) groups excluding carboxylic acids is 1. The van der Waals surface area contributed by atoms with Gasteiger partial charge in [-0.15, -0.1) is 0 Å². The number of para-hydroxylation sites is 2. The van der Waals surface area contributed by atoms with Crippen LogP contribution in [0.4, 0.5) is 0 Å². The van der Waals surface area contributed by atoms with Crippen LogP contribution < -0.4 is 5.32 Å². The Kier molecular flexibility index (Phi) is 5.83. The Labute approximate surface area is 210 Å². The number of ether oxygens (including phenoxy) is 2. The topological polar surface area (TPSA) is 57.4 Å². The van der Waals surface area contributed by atoms with Gasteiger partial charge in [-0.25, -0.2) is 0 Å². The second-order valence-electron chi connectivity index (χ2n) is 9.88. The minimum Gasteiger partial charge on any atom is -0.376 e. The predicted octanol–water partition coefficient (Wildman–Crippen LogP) is 6.02. The summed E-state index contributed by atoms with van der Waals surface area (Å²) in [4.78, 5) is 12.8. The van der Waals surface area contributed by atoms with Gasteiger partial charge in [0, 0.05) is 65.9 Å². The van der Waals surface area contributed by atoms with Gasteiger partial charge in [-0.05, 0) is 31.2 Å². The fourth-order valence-corrected chi connectivity index (χ4v) is 6.75. The van der Waals surface area contributed by atoms with Gasteiger partial charge in [0.1, 0.15) is 6.10 Å². The molecule has 0 spiro atoms. The normalized spacial score (nSPS) is 20.1. The van der Waals surface area contributed by atoms with E-state index >= 15 is 0 Å². The van der Waals surface area contributed by atoms with Crippen LogP contribution in [-0.2, 0) is 22.6 Å². The van der Waals surface area contributed by atoms with Crippen LogP contribution in [0, 0.1) is 5.92 Å². The number of rotatable bonds is 7. The van der Waals surface area contributed by atoms with Crippen molar-refractivity contribution in [3.8, 4) is 0 Å². The Morgan fingerprint density at radius 2 is 1.67 bits per heavy atom. The van der Waals surface area contributed by atoms with Crippen LogP contribution in [0.5, 0.6) is 0 Å². The van der Waals surface area contributed by atoms with Crippen molar-refractivity contribution >= 4 is 49.9 Å². The molecule has 3 atom stereocenters. The molecule has 2 aromatic heterocycles. The van der Waals surface area contributed by atoms with E-state index in [0.717, 1.165) is 80.4 Å². The molecular formula is C30H33N3O3. The molecule has 3 heterocycles. The third-order valence-corrected chi connectivity index (χ3v) is 8.06. The van der Waals surface area contributed by atoms with Crippen LogP contribution in [0.25, 0.3) is 43.6 Å². The third-order valence-electron chi connectivity index (χ3n) is 8.06. The summed E-state index contributed by atoms with van der Waals surface area (Å²) in [5.74, 6) is 0.241. The minimum absolute atomic E-state index is 0.128. The van der Waals surface area contributed by atoms with E-state index in [4.69, 9.17) is 9.47 Å². The molecule has 6 heteroatoms. The lowest BCUT2D eigenvalue weighted by molar-refractivity contribution is -0.103. The van der Waals surface area contributed by atoms with Gasteiger partial charge in [-0.2, -0.15) is 0 Å². The van der Waals surface area contributed by atoms with Crippen LogP contribution in [0.1, 0.15) is 41.9 Å². The van der Waals surface area contributed by atoms with Gasteiger partial charge in [-0.1, -0.05) is 49.7 Å². The van der Waals surface area contributed by atoms with E-state index in [1.807, 2.05) is 7.05 Å². The van der Waals surface area contributed by atoms with Crippen LogP contribution in [-0.4, -0.2) is 42.8 Å². The number of aldehydes is 1. The Bertz CT molecular complexity index is 1610. The van der Waals surface area contributed by atoms with Gasteiger partial charge in [-0.3, -0.25) is 4.79 Å². The molecule has 3 unspecified atom stereocenters. The first-order valence-electron chi connectivity index (χ1n) is 12.8. The highest BCUT2D eigenvalue weighted by Crippen LogP contribution is 2.47. The number of aromatic nitrogens is 2. The van der Waals surface area contributed by atoms with Crippen LogP contribution in [0.3, 0.4) is 0 Å². The molecule has 0 amide bonds. The zero-order valence-corrected chi connectivity index (χ0v) is 21.4. The van der Waals surface area contributed by atoms with Crippen molar-refractivity contribution in [2.24, 2.45) is 5.92 Å². The van der Waals surface area contributed by atoms with E-state index in [1.165, 1.54) is 0 Å². The van der Waals surface area contributed by atoms with Crippen LogP contribution in [0.2, 0.25) is 0 Å². The molecule has 1 aliphatic heterocycles. The quantitative estimate of drug-likeness (QED) is 0.288. The lowest BCUT2D eigenvalue weighted by atomic mass is 9.93. The van der Waals surface area contributed by atoms with E-state index in [1.54, 1.807) is 14.2 Å². The Balaban J connectivity index is 1.95. The van der Waals surface area contributed by atoms with Crippen molar-refractivity contribution < 1.29 is 14.3 Å². The largest absolute Gasteiger partial charge is 0.376 e. The SMILES string of the molecule is CCCC1Cn2c3ccccc3c3c(C=O)c(CNC)c4c5ccccc5n(c4c32)C(OC)C1OC. The summed E-state index contributed by atoms with van der Waals surface area (Å²) in [6, 6.07) is 17.0. The summed E-state index contributed by atoms with van der Waals surface area (Å²) >= 11 is 0. The maximum atomic E-state index is 12.8. The standard InChI is InChI=1S/C30H33N3O3/c1-5-10-18-16-32-23-13-8-6-11-19(23)26-22(17-34)21(15-31-2)25-20-12-7-9-14-24(20)33(28(25)27(26)32)30(36-4)29(18)35-3/h6-9,11-14,17-18,29-31H,5,10,15-16H2,1-4H3. The first-order valence-corrected chi connectivity index (χ1v) is 12.8. The first kappa shape index (κ1) is 23.2. The number of fused-ring (bicyclic) bond motifs is 6. The Morgan fingerprint density at radius 3 is 2.31 bits per heavy atom. The molecular weight excluding hydrogens is 450 g/mol. The summed E-state index contributed by atoms with van der Waals surface area (Å²) < 4.78 is 17.3. The average molecular weight is 484 g/mol. The number of nitrogens with zero attached hydrogens (tertiary/aromatic N) is 2. The zero-order chi connectivity index (χ0) is 25.0. The number of hydrogen-bond acceptors (Lipinski definition) is 4. The maximum absolute atomic E-state index is 12.8. The molecule has 0 aliphatic carbocycles. The van der Waals surface area contributed by atoms with Gasteiger partial charge in [0.2, 0.25) is 0 Å². The molecule has 186 valence electrons. The molecule has 6 rings (SSSR count). The summed E-state index contributed by atoms with van der Waals surface area (Å²) in [5, 5.41) is 7.72. The molecule has 5 aromatic rings. The monoisotopic (exact) mass is 483 g/mol. The second-order valence-corrected chi connectivity index (χ2v) is 9.88. The highest BCUT2D eigenvalue weighted by atomic mass is 16.5. The molecule has 1 N–H and O–H groups in total. The minimum atomic E-state index is -0.298. The smallest absolute Gasteiger partial charge is 0.160 e. The van der Waals surface area contributed by atoms with E-state index < -0.39 is 0 Å². The van der Waals surface area contributed by atoms with Crippen molar-refractivity contribution in [1.29, 1.82) is 0 Å². The number of benzene rings is 3. The van der Waals surface area contributed by atoms with E-state index in [9.17, 15) is 4.79 Å². The molecule has 6 nitrogen and oxygen atoms in total. The first-order chi connectivity index (χ1) is 17.7. The predicted molar refractivity (Wildman–Crippen MR) is 146 cm³/mol. The van der Waals surface area contributed by atoms with Crippen molar-refractivity contribution in [3.05, 3.63) is 59.7 Å². The van der Waals surface area contributed by atoms with E-state index in [-0.39, 0.29) is 18.2 Å². The molecule has 0 bridgehead atoms. The molecule has 0 radical (unpaired) electrons. The zero-order valence-electron chi connectivity index (χ0n) is 21.4. The lowest BCUT2D eigenvalue weighted by Crippen LogP contribution is -2.37. The summed E-state index contributed by atoms with van der Waals surface area (Å²) in [5.41, 5.74) is 6.28. The summed E-state index contributed by atoms with van der Waals surface area (Å²) in [6.45, 7) is 3.62. The number of hydrogen-bond donors (Lipinski definition) is 1. The Morgan fingerprint density at radius 1 is 0.972 bits per heavy atom. The fraction of sp³-hybridized carbons (Fsp3) is 0.367. The van der Waals surface area contributed by atoms with Gasteiger partial charge in [0.15, 0.2) is 12.5 Å². The number of nitrogens with one attached hydrogen (secondary N) is 1. The molecule has 3 aromatic carbocycles. The Hall–Kier alpha value is -3.19. The highest BCUT2D eigenvalue weighted by Gasteiger charge is 2.37. The average Bonchev–Trinajstić information content (AvgIpc) is 3.40. The van der Waals surface area contributed by atoms with Crippen molar-refractivity contribution in [1.82, 2.24) is 14.5 Å². The number of methoxy groups -OCH3 is 2. The van der Waals surface area contributed by atoms with E-state index in [0.29, 0.717) is 6.54 Å². The molecule has 36 heavy (non-hydrogen) atoms. The number of carbonyl (C=O) groups is 1. The van der Waals surface area contributed by atoms with Crippen molar-refractivity contribution in [3.63, 3.8) is 0 Å². The van der Waals surface area contributed by atoms with Crippen LogP contribution in [0.15, 0.2) is 48.5 Å². The molecule has 1 aliphatic rings. The molecule has 0 fully saturated rings. The highest BCUT2D eigenvalue weighted by molar-refractivity contribution is 6.28. The molecule has 0 saturated heterocycles. The van der Waals surface area contributed by atoms with Gasteiger partial charge in [0.05, 0.1) is 16.6 Å². The summed E-state index contributed by atoms with van der Waals surface area (Å²) in [7, 11) is 5.52. The summed E-state index contributed by atoms with van der Waals surface area (Å²) in [6.07, 6.45) is 2.70. The fourth-order valence-electron chi connectivity index (χ4n) is 6.75. The van der Waals surface area contributed by atoms with Gasteiger partial charge >= 0.3 is 0 Å². The van der Waals surface area contributed by atoms with Gasteiger partial charge < -0.3 is 23.9 Å². The molecule has 0 saturated carbocycles. The lowest BCUT2D eigenvalue weighted by Gasteiger charge is -2.36. The van der Waals surface area contributed by atoms with E-state index in [2.05, 4.69) is 69.9 Å². The van der Waals surface area contributed by atoms with Crippen molar-refractivity contribution in [2.75, 3.05) is 21.3 Å². The van der Waals surface area contributed by atoms with Crippen molar-refractivity contribution in [2.45, 2.75) is 45.2 Å². The second kappa shape index (κ2) is 9.04.